The van der Waals surface area contributed by atoms with Crippen molar-refractivity contribution in [1.82, 2.24) is 10.2 Å². The number of piperidine rings is 1. The van der Waals surface area contributed by atoms with E-state index in [1.165, 1.54) is 11.0 Å². The van der Waals surface area contributed by atoms with Crippen molar-refractivity contribution in [2.75, 3.05) is 26.3 Å². The van der Waals surface area contributed by atoms with Crippen LogP contribution in [0.2, 0.25) is 0 Å². The van der Waals surface area contributed by atoms with Crippen molar-refractivity contribution < 1.29 is 28.9 Å². The largest absolute Gasteiger partial charge is 0.395 e. The molecule has 1 amide bonds. The maximum atomic E-state index is 13.3. The van der Waals surface area contributed by atoms with Crippen LogP contribution >= 0.6 is 0 Å². The summed E-state index contributed by atoms with van der Waals surface area (Å²) in [7, 11) is 0. The highest BCUT2D eigenvalue weighted by Gasteiger charge is 2.42. The summed E-state index contributed by atoms with van der Waals surface area (Å²) in [5, 5.41) is 31.4. The first-order valence-corrected chi connectivity index (χ1v) is 7.80. The van der Waals surface area contributed by atoms with Gasteiger partial charge in [0.2, 0.25) is 0 Å². The molecule has 134 valence electrons. The van der Waals surface area contributed by atoms with Gasteiger partial charge in [-0.15, -0.1) is 0 Å². The number of carbonyl (C=O) groups excluding carboxylic acids is 1. The Kier molecular flexibility index (Phi) is 6.22. The zero-order chi connectivity index (χ0) is 17.7. The Morgan fingerprint density at radius 1 is 1.25 bits per heavy atom. The number of aliphatic hydroxyl groups excluding tert-OH is 2. The number of aliphatic hydroxyl groups is 3. The summed E-state index contributed by atoms with van der Waals surface area (Å²) in [6, 6.07) is 2.80. The Hall–Kier alpha value is -1.61. The molecule has 0 spiro atoms. The van der Waals surface area contributed by atoms with Crippen LogP contribution in [-0.2, 0) is 11.3 Å². The van der Waals surface area contributed by atoms with Gasteiger partial charge in [-0.25, -0.2) is 8.78 Å². The Labute approximate surface area is 138 Å². The molecule has 0 bridgehead atoms. The van der Waals surface area contributed by atoms with Crippen LogP contribution in [0.5, 0.6) is 0 Å². The first-order valence-electron chi connectivity index (χ1n) is 7.80. The molecule has 1 saturated heterocycles. The molecule has 4 N–H and O–H groups in total. The van der Waals surface area contributed by atoms with E-state index in [0.29, 0.717) is 18.5 Å². The fourth-order valence-corrected chi connectivity index (χ4v) is 2.74. The van der Waals surface area contributed by atoms with Crippen LogP contribution in [0.3, 0.4) is 0 Å². The normalized spacial score (nSPS) is 21.6. The molecule has 6 nitrogen and oxygen atoms in total. The average molecular weight is 344 g/mol. The fraction of sp³-hybridized carbons (Fsp3) is 0.562. The molecule has 0 radical (unpaired) electrons. The summed E-state index contributed by atoms with van der Waals surface area (Å²) >= 11 is 0. The average Bonchev–Trinajstić information content (AvgIpc) is 2.56. The van der Waals surface area contributed by atoms with Crippen LogP contribution in [0.4, 0.5) is 8.78 Å². The number of halogens is 2. The second-order valence-electron chi connectivity index (χ2n) is 6.05. The van der Waals surface area contributed by atoms with Crippen LogP contribution in [0.25, 0.3) is 0 Å². The summed E-state index contributed by atoms with van der Waals surface area (Å²) < 4.78 is 26.3. The van der Waals surface area contributed by atoms with E-state index in [4.69, 9.17) is 10.2 Å². The van der Waals surface area contributed by atoms with E-state index in [1.807, 2.05) is 0 Å². The zero-order valence-corrected chi connectivity index (χ0v) is 13.2. The summed E-state index contributed by atoms with van der Waals surface area (Å²) in [5.41, 5.74) is -1.22. The van der Waals surface area contributed by atoms with Gasteiger partial charge in [-0.3, -0.25) is 4.79 Å². The van der Waals surface area contributed by atoms with Gasteiger partial charge < -0.3 is 25.5 Å². The van der Waals surface area contributed by atoms with Gasteiger partial charge >= 0.3 is 0 Å². The van der Waals surface area contributed by atoms with Crippen molar-refractivity contribution in [3.8, 4) is 0 Å². The van der Waals surface area contributed by atoms with Gasteiger partial charge in [0, 0.05) is 19.6 Å². The topological polar surface area (TPSA) is 93.0 Å². The molecule has 0 saturated carbocycles. The Bertz CT molecular complexity index is 583. The highest BCUT2D eigenvalue weighted by Crippen LogP contribution is 2.24. The van der Waals surface area contributed by atoms with Gasteiger partial charge in [0.25, 0.3) is 5.91 Å². The number of amides is 1. The lowest BCUT2D eigenvalue weighted by Crippen LogP contribution is -2.59. The molecule has 24 heavy (non-hydrogen) atoms. The summed E-state index contributed by atoms with van der Waals surface area (Å²) in [6.07, 6.45) is 0.799. The molecule has 8 heteroatoms. The summed E-state index contributed by atoms with van der Waals surface area (Å²) in [5.74, 6) is -2.45. The predicted octanol–water partition coefficient (Wildman–Crippen LogP) is -0.239. The quantitative estimate of drug-likeness (QED) is 0.548. The number of nitrogens with zero attached hydrogens (tertiary/aromatic N) is 1. The van der Waals surface area contributed by atoms with Gasteiger partial charge in [-0.05, 0) is 30.5 Å². The number of hydrogen-bond donors (Lipinski definition) is 4. The van der Waals surface area contributed by atoms with E-state index < -0.39 is 29.2 Å². The highest BCUT2D eigenvalue weighted by molar-refractivity contribution is 5.86. The number of nitrogens with one attached hydrogen (secondary N) is 1. The minimum Gasteiger partial charge on any atom is -0.395 e. The molecular formula is C16H22F2N2O4. The van der Waals surface area contributed by atoms with Crippen LogP contribution in [0.15, 0.2) is 18.2 Å². The van der Waals surface area contributed by atoms with Crippen molar-refractivity contribution >= 4 is 5.91 Å². The third kappa shape index (κ3) is 4.27. The molecule has 1 fully saturated rings. The first kappa shape index (κ1) is 18.7. The van der Waals surface area contributed by atoms with Crippen molar-refractivity contribution in [1.29, 1.82) is 0 Å². The third-order valence-electron chi connectivity index (χ3n) is 4.19. The van der Waals surface area contributed by atoms with E-state index in [2.05, 4.69) is 5.32 Å². The number of benzene rings is 1. The molecule has 1 aromatic carbocycles. The monoisotopic (exact) mass is 344 g/mol. The number of hydrogen-bond acceptors (Lipinski definition) is 5. The Morgan fingerprint density at radius 3 is 2.58 bits per heavy atom. The lowest BCUT2D eigenvalue weighted by molar-refractivity contribution is -0.157. The lowest BCUT2D eigenvalue weighted by Gasteiger charge is -2.39. The summed E-state index contributed by atoms with van der Waals surface area (Å²) in [4.78, 5) is 13.9. The molecule has 1 aromatic rings. The molecule has 1 atom stereocenters. The van der Waals surface area contributed by atoms with Gasteiger partial charge in [-0.1, -0.05) is 6.07 Å². The van der Waals surface area contributed by atoms with E-state index in [0.717, 1.165) is 12.1 Å². The SMILES string of the molecule is O=C1N(Cc2ccc(F)c(F)c2)CCC[C@]1(O)CNC(CO)CO. The molecule has 1 aliphatic rings. The van der Waals surface area contributed by atoms with Crippen LogP contribution in [0, 0.1) is 11.6 Å². The number of likely N-dealkylation sites (tertiary alicyclic amines) is 1. The smallest absolute Gasteiger partial charge is 0.256 e. The van der Waals surface area contributed by atoms with Crippen LogP contribution < -0.4 is 5.32 Å². The molecule has 1 aliphatic heterocycles. The van der Waals surface area contributed by atoms with Gasteiger partial charge in [0.1, 0.15) is 0 Å². The van der Waals surface area contributed by atoms with Gasteiger partial charge in [-0.2, -0.15) is 0 Å². The fourth-order valence-electron chi connectivity index (χ4n) is 2.74. The maximum Gasteiger partial charge on any atom is 0.256 e. The first-order chi connectivity index (χ1) is 11.4. The Balaban J connectivity index is 2.04. The molecule has 1 heterocycles. The highest BCUT2D eigenvalue weighted by atomic mass is 19.2. The molecule has 2 rings (SSSR count). The Morgan fingerprint density at radius 2 is 1.96 bits per heavy atom. The van der Waals surface area contributed by atoms with Crippen molar-refractivity contribution in [3.63, 3.8) is 0 Å². The number of carbonyl (C=O) groups is 1. The van der Waals surface area contributed by atoms with Crippen molar-refractivity contribution in [2.45, 2.75) is 31.0 Å². The minimum absolute atomic E-state index is 0.0712. The molecule has 0 unspecified atom stereocenters. The van der Waals surface area contributed by atoms with E-state index in [9.17, 15) is 18.7 Å². The van der Waals surface area contributed by atoms with Crippen LogP contribution in [-0.4, -0.2) is 64.1 Å². The maximum absolute atomic E-state index is 13.3. The minimum atomic E-state index is -1.65. The van der Waals surface area contributed by atoms with Crippen molar-refractivity contribution in [2.24, 2.45) is 0 Å². The zero-order valence-electron chi connectivity index (χ0n) is 13.2. The van der Waals surface area contributed by atoms with Crippen molar-refractivity contribution in [3.05, 3.63) is 35.4 Å². The van der Waals surface area contributed by atoms with E-state index in [1.54, 1.807) is 0 Å². The van der Waals surface area contributed by atoms with Gasteiger partial charge in [0.05, 0.1) is 19.3 Å². The lowest BCUT2D eigenvalue weighted by atomic mass is 9.91. The molecule has 0 aliphatic carbocycles. The molecule has 0 aromatic heterocycles. The predicted molar refractivity (Wildman–Crippen MR) is 81.9 cm³/mol. The van der Waals surface area contributed by atoms with Gasteiger partial charge in [0.15, 0.2) is 17.2 Å². The third-order valence-corrected chi connectivity index (χ3v) is 4.19. The standard InChI is InChI=1S/C16H22F2N2O4/c17-13-3-2-11(6-14(13)18)7-20-5-1-4-16(24,15(20)23)10-19-12(8-21)9-22/h2-3,6,12,19,21-22,24H,1,4-5,7-10H2/t16-/m0/s1. The molecular weight excluding hydrogens is 322 g/mol. The van der Waals surface area contributed by atoms with E-state index in [-0.39, 0.29) is 32.7 Å². The van der Waals surface area contributed by atoms with Crippen LogP contribution in [0.1, 0.15) is 18.4 Å². The summed E-state index contributed by atoms with van der Waals surface area (Å²) in [6.45, 7) is -0.268. The van der Waals surface area contributed by atoms with E-state index >= 15 is 0 Å². The second kappa shape index (κ2) is 7.98. The number of rotatable bonds is 7. The second-order valence-corrected chi connectivity index (χ2v) is 6.05.